The number of benzene rings is 2. The lowest BCUT2D eigenvalue weighted by molar-refractivity contribution is -0.0503. The maximum Gasteiger partial charge on any atom is 0.272 e. The van der Waals surface area contributed by atoms with Gasteiger partial charge in [0.25, 0.3) is 5.91 Å². The third-order valence-corrected chi connectivity index (χ3v) is 9.17. The van der Waals surface area contributed by atoms with Gasteiger partial charge in [-0.1, -0.05) is 46.9 Å². The van der Waals surface area contributed by atoms with E-state index >= 15 is 0 Å². The minimum Gasteiger partial charge on any atom is -0.350 e. The Kier molecular flexibility index (Phi) is 5.90. The fraction of sp³-hybridized carbons (Fsp3) is 0.429. The summed E-state index contributed by atoms with van der Waals surface area (Å²) in [6, 6.07) is 12.8. The van der Waals surface area contributed by atoms with Gasteiger partial charge in [0.2, 0.25) is 0 Å². The van der Waals surface area contributed by atoms with Gasteiger partial charge in [0.15, 0.2) is 5.69 Å². The molecule has 4 aliphatic rings. The van der Waals surface area contributed by atoms with Crippen molar-refractivity contribution in [3.8, 4) is 16.9 Å². The summed E-state index contributed by atoms with van der Waals surface area (Å²) in [7, 11) is 0. The van der Waals surface area contributed by atoms with Gasteiger partial charge in [-0.05, 0) is 98.9 Å². The van der Waals surface area contributed by atoms with Crippen molar-refractivity contribution in [2.75, 3.05) is 6.54 Å². The minimum atomic E-state index is -0.128. The highest BCUT2D eigenvalue weighted by Crippen LogP contribution is 2.59. The van der Waals surface area contributed by atoms with Crippen LogP contribution in [0.2, 0.25) is 15.1 Å². The summed E-state index contributed by atoms with van der Waals surface area (Å²) in [5.74, 6) is 2.42. The molecule has 1 amide bonds. The Labute approximate surface area is 221 Å². The molecule has 1 heterocycles. The summed E-state index contributed by atoms with van der Waals surface area (Å²) in [5, 5.41) is 9.72. The number of carbonyl (C=O) groups excluding carboxylic acids is 1. The zero-order valence-electron chi connectivity index (χ0n) is 19.7. The molecule has 35 heavy (non-hydrogen) atoms. The summed E-state index contributed by atoms with van der Waals surface area (Å²) in [6.45, 7) is 2.68. The molecule has 3 aromatic rings. The molecule has 182 valence electrons. The standard InChI is InChI=1S/C28H28Cl3N3O/c1-16-25(27(35)32-15-28-12-17-8-18(13-28)10-19(9-17)14-28)33-34(24-7-6-22(30)11-23(24)31)26(16)20-2-4-21(29)5-3-20/h2-7,11,17-19H,8-10,12-15H2,1H3,(H,32,35). The molecule has 4 saturated carbocycles. The van der Waals surface area contributed by atoms with Gasteiger partial charge in [-0.25, -0.2) is 4.68 Å². The summed E-state index contributed by atoms with van der Waals surface area (Å²) < 4.78 is 1.75. The number of rotatable bonds is 5. The van der Waals surface area contributed by atoms with E-state index < -0.39 is 0 Å². The first-order valence-electron chi connectivity index (χ1n) is 12.4. The highest BCUT2D eigenvalue weighted by molar-refractivity contribution is 6.35. The number of halogens is 3. The highest BCUT2D eigenvalue weighted by Gasteiger charge is 2.50. The predicted octanol–water partition coefficient (Wildman–Crippen LogP) is 7.75. The molecule has 7 rings (SSSR count). The van der Waals surface area contributed by atoms with E-state index in [9.17, 15) is 4.79 Å². The van der Waals surface area contributed by atoms with Crippen LogP contribution in [0.1, 0.15) is 54.6 Å². The molecule has 0 saturated heterocycles. The molecule has 4 nitrogen and oxygen atoms in total. The second-order valence-corrected chi connectivity index (χ2v) is 12.2. The van der Waals surface area contributed by atoms with E-state index in [4.69, 9.17) is 39.9 Å². The number of carbonyl (C=O) groups is 1. The van der Waals surface area contributed by atoms with Gasteiger partial charge in [-0.3, -0.25) is 4.79 Å². The van der Waals surface area contributed by atoms with Crippen molar-refractivity contribution in [1.82, 2.24) is 15.1 Å². The van der Waals surface area contributed by atoms with Crippen LogP contribution in [0.4, 0.5) is 0 Å². The molecule has 4 fully saturated rings. The highest BCUT2D eigenvalue weighted by atomic mass is 35.5. The molecule has 2 aromatic carbocycles. The Morgan fingerprint density at radius 2 is 1.57 bits per heavy atom. The third-order valence-electron chi connectivity index (χ3n) is 8.38. The fourth-order valence-corrected chi connectivity index (χ4v) is 7.96. The molecule has 4 aliphatic carbocycles. The average Bonchev–Trinajstić information content (AvgIpc) is 3.14. The van der Waals surface area contributed by atoms with Crippen molar-refractivity contribution >= 4 is 40.7 Å². The van der Waals surface area contributed by atoms with E-state index in [0.717, 1.165) is 41.1 Å². The van der Waals surface area contributed by atoms with E-state index in [1.54, 1.807) is 16.8 Å². The summed E-state index contributed by atoms with van der Waals surface area (Å²) in [6.07, 6.45) is 7.93. The molecule has 0 atom stereocenters. The Bertz CT molecular complexity index is 1260. The van der Waals surface area contributed by atoms with Crippen LogP contribution in [0.5, 0.6) is 0 Å². The molecule has 0 radical (unpaired) electrons. The van der Waals surface area contributed by atoms with E-state index in [0.29, 0.717) is 26.4 Å². The summed E-state index contributed by atoms with van der Waals surface area (Å²) in [4.78, 5) is 13.5. The average molecular weight is 529 g/mol. The van der Waals surface area contributed by atoms with E-state index in [-0.39, 0.29) is 11.3 Å². The van der Waals surface area contributed by atoms with Crippen LogP contribution in [0.15, 0.2) is 42.5 Å². The minimum absolute atomic E-state index is 0.128. The Morgan fingerprint density at radius 1 is 0.971 bits per heavy atom. The molecule has 0 aliphatic heterocycles. The normalized spacial score (nSPS) is 26.8. The van der Waals surface area contributed by atoms with Crippen LogP contribution >= 0.6 is 34.8 Å². The Morgan fingerprint density at radius 3 is 2.17 bits per heavy atom. The van der Waals surface area contributed by atoms with Gasteiger partial charge in [0, 0.05) is 27.7 Å². The number of aromatic nitrogens is 2. The maximum atomic E-state index is 13.5. The first-order valence-corrected chi connectivity index (χ1v) is 13.5. The largest absolute Gasteiger partial charge is 0.350 e. The van der Waals surface area contributed by atoms with Crippen molar-refractivity contribution in [2.45, 2.75) is 45.4 Å². The van der Waals surface area contributed by atoms with Gasteiger partial charge in [-0.2, -0.15) is 5.10 Å². The van der Waals surface area contributed by atoms with E-state index in [1.165, 1.54) is 38.5 Å². The molecule has 0 unspecified atom stereocenters. The van der Waals surface area contributed by atoms with Crippen LogP contribution in [-0.2, 0) is 0 Å². The zero-order chi connectivity index (χ0) is 24.3. The van der Waals surface area contributed by atoms with E-state index in [1.807, 2.05) is 37.3 Å². The Balaban J connectivity index is 1.34. The number of hydrogen-bond acceptors (Lipinski definition) is 2. The molecule has 0 spiro atoms. The maximum absolute atomic E-state index is 13.5. The molecule has 7 heteroatoms. The molecule has 4 bridgehead atoms. The van der Waals surface area contributed by atoms with Crippen molar-refractivity contribution in [2.24, 2.45) is 23.2 Å². The number of nitrogens with one attached hydrogen (secondary N) is 1. The van der Waals surface area contributed by atoms with Crippen LogP contribution in [0.25, 0.3) is 16.9 Å². The van der Waals surface area contributed by atoms with Crippen LogP contribution < -0.4 is 5.32 Å². The van der Waals surface area contributed by atoms with Gasteiger partial charge in [0.05, 0.1) is 16.4 Å². The van der Waals surface area contributed by atoms with Gasteiger partial charge < -0.3 is 5.32 Å². The number of amides is 1. The molecular weight excluding hydrogens is 501 g/mol. The second kappa shape index (κ2) is 8.83. The van der Waals surface area contributed by atoms with Gasteiger partial charge in [-0.15, -0.1) is 0 Å². The zero-order valence-corrected chi connectivity index (χ0v) is 21.9. The van der Waals surface area contributed by atoms with E-state index in [2.05, 4.69) is 5.32 Å². The quantitative estimate of drug-likeness (QED) is 0.368. The van der Waals surface area contributed by atoms with Crippen molar-refractivity contribution in [3.63, 3.8) is 0 Å². The lowest BCUT2D eigenvalue weighted by Crippen LogP contribution is -2.51. The molecule has 1 aromatic heterocycles. The van der Waals surface area contributed by atoms with Crippen LogP contribution in [-0.4, -0.2) is 22.2 Å². The van der Waals surface area contributed by atoms with Crippen LogP contribution in [0, 0.1) is 30.1 Å². The van der Waals surface area contributed by atoms with Crippen molar-refractivity contribution in [1.29, 1.82) is 0 Å². The molecule has 1 N–H and O–H groups in total. The summed E-state index contributed by atoms with van der Waals surface area (Å²) >= 11 is 18.8. The monoisotopic (exact) mass is 527 g/mol. The third kappa shape index (κ3) is 4.28. The van der Waals surface area contributed by atoms with Crippen LogP contribution in [0.3, 0.4) is 0 Å². The van der Waals surface area contributed by atoms with Crippen molar-refractivity contribution < 1.29 is 4.79 Å². The fourth-order valence-electron chi connectivity index (χ4n) is 7.34. The number of hydrogen-bond donors (Lipinski definition) is 1. The molecular formula is C28H28Cl3N3O. The van der Waals surface area contributed by atoms with Crippen molar-refractivity contribution in [3.05, 3.63) is 68.8 Å². The first-order chi connectivity index (χ1) is 16.8. The SMILES string of the molecule is Cc1c(C(=O)NCC23CC4CC(CC(C4)C2)C3)nn(-c2ccc(Cl)cc2Cl)c1-c1ccc(Cl)cc1. The second-order valence-electron chi connectivity index (χ2n) is 10.9. The lowest BCUT2D eigenvalue weighted by Gasteiger charge is -2.56. The first kappa shape index (κ1) is 23.4. The smallest absolute Gasteiger partial charge is 0.272 e. The van der Waals surface area contributed by atoms with Gasteiger partial charge >= 0.3 is 0 Å². The van der Waals surface area contributed by atoms with Gasteiger partial charge in [0.1, 0.15) is 0 Å². The summed E-state index contributed by atoms with van der Waals surface area (Å²) in [5.41, 5.74) is 3.88. The topological polar surface area (TPSA) is 46.9 Å². The number of nitrogens with zero attached hydrogens (tertiary/aromatic N) is 2. The predicted molar refractivity (Wildman–Crippen MR) is 142 cm³/mol. The lowest BCUT2D eigenvalue weighted by atomic mass is 9.49. The Hall–Kier alpha value is -2.01.